The molecule has 0 spiro atoms. The first-order valence-corrected chi connectivity index (χ1v) is 11.9. The number of nitrogens with zero attached hydrogens (tertiary/aromatic N) is 6. The monoisotopic (exact) mass is 442 g/mol. The lowest BCUT2D eigenvalue weighted by molar-refractivity contribution is 0.0704. The molecule has 5 rings (SSSR count). The van der Waals surface area contributed by atoms with E-state index in [0.717, 1.165) is 74.8 Å². The van der Waals surface area contributed by atoms with Crippen molar-refractivity contribution in [3.63, 3.8) is 0 Å². The Kier molecular flexibility index (Phi) is 6.28. The zero-order chi connectivity index (χ0) is 22.6. The van der Waals surface area contributed by atoms with Crippen LogP contribution in [-0.2, 0) is 12.8 Å². The third-order valence-corrected chi connectivity index (χ3v) is 6.73. The highest BCUT2D eigenvalue weighted by Crippen LogP contribution is 2.32. The van der Waals surface area contributed by atoms with Crippen LogP contribution < -0.4 is 4.90 Å². The number of pyridine rings is 2. The molecule has 170 valence electrons. The van der Waals surface area contributed by atoms with Crippen LogP contribution in [0.3, 0.4) is 0 Å². The van der Waals surface area contributed by atoms with E-state index in [4.69, 9.17) is 9.97 Å². The molecular weight excluding hydrogens is 412 g/mol. The molecule has 3 aromatic rings. The zero-order valence-corrected chi connectivity index (χ0v) is 19.2. The van der Waals surface area contributed by atoms with Gasteiger partial charge in [-0.05, 0) is 56.9 Å². The summed E-state index contributed by atoms with van der Waals surface area (Å²) in [6.07, 6.45) is 10.2. The van der Waals surface area contributed by atoms with Crippen LogP contribution in [0.5, 0.6) is 0 Å². The SMILES string of the molecule is Cc1nc(C2CCCN(C(=O)c3ccncc3)C2)nc2c1CCCN2CCc1ccccn1. The van der Waals surface area contributed by atoms with Crippen molar-refractivity contribution in [3.8, 4) is 0 Å². The number of hydrogen-bond acceptors (Lipinski definition) is 6. The topological polar surface area (TPSA) is 75.1 Å². The number of amides is 1. The number of aromatic nitrogens is 4. The average molecular weight is 443 g/mol. The zero-order valence-electron chi connectivity index (χ0n) is 19.2. The van der Waals surface area contributed by atoms with E-state index in [1.54, 1.807) is 24.5 Å². The molecule has 7 heteroatoms. The quantitative estimate of drug-likeness (QED) is 0.601. The molecule has 33 heavy (non-hydrogen) atoms. The molecule has 3 aromatic heterocycles. The summed E-state index contributed by atoms with van der Waals surface area (Å²) in [6, 6.07) is 9.64. The van der Waals surface area contributed by atoms with Gasteiger partial charge in [-0.3, -0.25) is 14.8 Å². The Morgan fingerprint density at radius 2 is 1.94 bits per heavy atom. The van der Waals surface area contributed by atoms with E-state index >= 15 is 0 Å². The first kappa shape index (κ1) is 21.5. The van der Waals surface area contributed by atoms with Crippen LogP contribution in [0.25, 0.3) is 0 Å². The van der Waals surface area contributed by atoms with Crippen molar-refractivity contribution in [1.29, 1.82) is 0 Å². The van der Waals surface area contributed by atoms with Gasteiger partial charge in [-0.2, -0.15) is 0 Å². The summed E-state index contributed by atoms with van der Waals surface area (Å²) in [5.74, 6) is 2.18. The summed E-state index contributed by atoms with van der Waals surface area (Å²) in [4.78, 5) is 35.9. The van der Waals surface area contributed by atoms with E-state index in [1.165, 1.54) is 5.56 Å². The number of carbonyl (C=O) groups excluding carboxylic acids is 1. The molecule has 0 bridgehead atoms. The van der Waals surface area contributed by atoms with Crippen molar-refractivity contribution >= 4 is 11.7 Å². The Bertz CT molecular complexity index is 1100. The number of carbonyl (C=O) groups is 1. The number of aryl methyl sites for hydroxylation is 1. The number of hydrogen-bond donors (Lipinski definition) is 0. The van der Waals surface area contributed by atoms with Crippen molar-refractivity contribution in [2.75, 3.05) is 31.1 Å². The van der Waals surface area contributed by atoms with E-state index in [9.17, 15) is 4.79 Å². The van der Waals surface area contributed by atoms with Gasteiger partial charge in [0.25, 0.3) is 5.91 Å². The molecule has 2 aliphatic heterocycles. The molecule has 1 fully saturated rings. The van der Waals surface area contributed by atoms with Crippen LogP contribution in [-0.4, -0.2) is 56.9 Å². The Labute approximate surface area is 194 Å². The standard InChI is InChI=1S/C26H30N6O/c1-19-23-8-5-15-31(17-11-22-7-2-3-12-28-22)25(23)30-24(29-19)21-6-4-16-32(18-21)26(33)20-9-13-27-14-10-20/h2-3,7,9-10,12-14,21H,4-6,8,11,15-18H2,1H3. The molecule has 1 unspecified atom stereocenters. The molecule has 2 aliphatic rings. The highest BCUT2D eigenvalue weighted by molar-refractivity contribution is 5.94. The first-order chi connectivity index (χ1) is 16.2. The van der Waals surface area contributed by atoms with Gasteiger partial charge in [0.1, 0.15) is 11.6 Å². The molecule has 0 saturated carbocycles. The fraction of sp³-hybridized carbons (Fsp3) is 0.423. The summed E-state index contributed by atoms with van der Waals surface area (Å²) in [6.45, 7) is 5.45. The maximum atomic E-state index is 13.0. The van der Waals surface area contributed by atoms with Gasteiger partial charge in [0, 0.05) is 79.6 Å². The maximum Gasteiger partial charge on any atom is 0.253 e. The van der Waals surface area contributed by atoms with Crippen molar-refractivity contribution in [2.45, 2.75) is 44.9 Å². The second-order valence-corrected chi connectivity index (χ2v) is 8.96. The number of rotatable bonds is 5. The van der Waals surface area contributed by atoms with Gasteiger partial charge in [-0.1, -0.05) is 6.07 Å². The van der Waals surface area contributed by atoms with E-state index in [-0.39, 0.29) is 11.8 Å². The second-order valence-electron chi connectivity index (χ2n) is 8.96. The minimum absolute atomic E-state index is 0.0637. The molecular formula is C26H30N6O. The summed E-state index contributed by atoms with van der Waals surface area (Å²) in [7, 11) is 0. The van der Waals surface area contributed by atoms with Crippen molar-refractivity contribution in [2.24, 2.45) is 0 Å². The van der Waals surface area contributed by atoms with Crippen LogP contribution in [0.4, 0.5) is 5.82 Å². The van der Waals surface area contributed by atoms with E-state index in [1.807, 2.05) is 23.2 Å². The van der Waals surface area contributed by atoms with E-state index in [0.29, 0.717) is 12.1 Å². The predicted molar refractivity (Wildman–Crippen MR) is 127 cm³/mol. The molecule has 0 aromatic carbocycles. The van der Waals surface area contributed by atoms with Gasteiger partial charge in [0.05, 0.1) is 0 Å². The normalized spacial score (nSPS) is 18.2. The average Bonchev–Trinajstić information content (AvgIpc) is 2.88. The number of fused-ring (bicyclic) bond motifs is 1. The second kappa shape index (κ2) is 9.65. The number of likely N-dealkylation sites (tertiary alicyclic amines) is 1. The van der Waals surface area contributed by atoms with Crippen LogP contribution in [0.15, 0.2) is 48.9 Å². The minimum Gasteiger partial charge on any atom is -0.356 e. The van der Waals surface area contributed by atoms with Gasteiger partial charge in [-0.25, -0.2) is 9.97 Å². The van der Waals surface area contributed by atoms with Gasteiger partial charge in [-0.15, -0.1) is 0 Å². The van der Waals surface area contributed by atoms with Crippen LogP contribution >= 0.6 is 0 Å². The summed E-state index contributed by atoms with van der Waals surface area (Å²) in [5, 5.41) is 0. The van der Waals surface area contributed by atoms with Gasteiger partial charge in [0.15, 0.2) is 0 Å². The molecule has 1 saturated heterocycles. The van der Waals surface area contributed by atoms with Crippen LogP contribution in [0.1, 0.15) is 58.3 Å². The van der Waals surface area contributed by atoms with Crippen LogP contribution in [0.2, 0.25) is 0 Å². The number of anilines is 1. The van der Waals surface area contributed by atoms with Crippen molar-refractivity contribution < 1.29 is 4.79 Å². The highest BCUT2D eigenvalue weighted by Gasteiger charge is 2.29. The van der Waals surface area contributed by atoms with E-state index < -0.39 is 0 Å². The first-order valence-electron chi connectivity index (χ1n) is 11.9. The van der Waals surface area contributed by atoms with Gasteiger partial charge >= 0.3 is 0 Å². The fourth-order valence-electron chi connectivity index (χ4n) is 4.95. The molecule has 5 heterocycles. The minimum atomic E-state index is 0.0637. The van der Waals surface area contributed by atoms with Gasteiger partial charge in [0.2, 0.25) is 0 Å². The summed E-state index contributed by atoms with van der Waals surface area (Å²) in [5.41, 5.74) is 4.14. The van der Waals surface area contributed by atoms with Crippen molar-refractivity contribution in [3.05, 3.63) is 77.3 Å². The lowest BCUT2D eigenvalue weighted by Gasteiger charge is -2.34. The lowest BCUT2D eigenvalue weighted by atomic mass is 9.95. The largest absolute Gasteiger partial charge is 0.356 e. The van der Waals surface area contributed by atoms with Crippen molar-refractivity contribution in [1.82, 2.24) is 24.8 Å². The predicted octanol–water partition coefficient (Wildman–Crippen LogP) is 3.59. The summed E-state index contributed by atoms with van der Waals surface area (Å²) < 4.78 is 0. The molecule has 0 radical (unpaired) electrons. The van der Waals surface area contributed by atoms with E-state index in [2.05, 4.69) is 27.9 Å². The molecule has 7 nitrogen and oxygen atoms in total. The Morgan fingerprint density at radius 1 is 1.06 bits per heavy atom. The number of piperidine rings is 1. The highest BCUT2D eigenvalue weighted by atomic mass is 16.2. The third kappa shape index (κ3) is 4.72. The fourth-order valence-corrected chi connectivity index (χ4v) is 4.95. The Morgan fingerprint density at radius 3 is 2.76 bits per heavy atom. The lowest BCUT2D eigenvalue weighted by Crippen LogP contribution is -2.40. The van der Waals surface area contributed by atoms with Gasteiger partial charge < -0.3 is 9.80 Å². The third-order valence-electron chi connectivity index (χ3n) is 6.73. The Balaban J connectivity index is 1.35. The smallest absolute Gasteiger partial charge is 0.253 e. The maximum absolute atomic E-state index is 13.0. The summed E-state index contributed by atoms with van der Waals surface area (Å²) >= 11 is 0. The molecule has 1 atom stereocenters. The molecule has 1 amide bonds. The Hall–Kier alpha value is -3.35. The molecule has 0 N–H and O–H groups in total. The van der Waals surface area contributed by atoms with Crippen LogP contribution in [0, 0.1) is 6.92 Å². The molecule has 0 aliphatic carbocycles.